The Labute approximate surface area is 148 Å². The minimum atomic E-state index is -0.837. The number of nitrogens with one attached hydrogen (secondary N) is 2. The molecule has 1 atom stereocenters. The Morgan fingerprint density at radius 1 is 1.24 bits per heavy atom. The molecule has 3 rings (SSSR count). The smallest absolute Gasteiger partial charge is 0.318 e. The van der Waals surface area contributed by atoms with Gasteiger partial charge >= 0.3 is 6.03 Å². The molecule has 1 saturated heterocycles. The van der Waals surface area contributed by atoms with Crippen molar-refractivity contribution in [2.24, 2.45) is 11.7 Å². The molecule has 0 radical (unpaired) electrons. The number of nitrogens with two attached hydrogens (primary N) is 1. The van der Waals surface area contributed by atoms with Crippen LogP contribution in [0.1, 0.15) is 19.8 Å². The summed E-state index contributed by atoms with van der Waals surface area (Å²) in [7, 11) is 0. The second-order valence-electron chi connectivity index (χ2n) is 7.00. The van der Waals surface area contributed by atoms with Crippen LogP contribution in [0, 0.1) is 5.92 Å². The lowest BCUT2D eigenvalue weighted by Gasteiger charge is -2.36. The number of imide groups is 1. The van der Waals surface area contributed by atoms with Crippen LogP contribution in [0.3, 0.4) is 0 Å². The summed E-state index contributed by atoms with van der Waals surface area (Å²) in [6.07, 6.45) is 2.80. The first-order valence-corrected chi connectivity index (χ1v) is 8.95. The number of benzene rings is 1. The zero-order valence-corrected chi connectivity index (χ0v) is 14.7. The summed E-state index contributed by atoms with van der Waals surface area (Å²) < 4.78 is 0. The molecule has 1 aromatic rings. The normalized spacial score (nSPS) is 19.3. The van der Waals surface area contributed by atoms with Gasteiger partial charge < -0.3 is 16.0 Å². The van der Waals surface area contributed by atoms with Crippen LogP contribution in [0.25, 0.3) is 0 Å². The van der Waals surface area contributed by atoms with E-state index in [2.05, 4.69) is 26.5 Å². The van der Waals surface area contributed by atoms with Crippen molar-refractivity contribution in [2.45, 2.75) is 25.8 Å². The maximum absolute atomic E-state index is 11.8. The predicted molar refractivity (Wildman–Crippen MR) is 98.6 cm³/mol. The van der Waals surface area contributed by atoms with E-state index < -0.39 is 18.0 Å². The molecule has 0 bridgehead atoms. The molecule has 4 N–H and O–H groups in total. The number of urea groups is 1. The van der Waals surface area contributed by atoms with Crippen molar-refractivity contribution in [3.63, 3.8) is 0 Å². The predicted octanol–water partition coefficient (Wildman–Crippen LogP) is 1.21. The quantitative estimate of drug-likeness (QED) is 0.721. The van der Waals surface area contributed by atoms with E-state index in [1.807, 2.05) is 18.2 Å². The first-order chi connectivity index (χ1) is 12.0. The molecule has 7 nitrogen and oxygen atoms in total. The molecular weight excluding hydrogens is 318 g/mol. The van der Waals surface area contributed by atoms with Gasteiger partial charge in [-0.2, -0.15) is 0 Å². The van der Waals surface area contributed by atoms with Gasteiger partial charge in [0.15, 0.2) is 0 Å². The van der Waals surface area contributed by atoms with Gasteiger partial charge in [0.2, 0.25) is 5.91 Å². The summed E-state index contributed by atoms with van der Waals surface area (Å²) in [5, 5.41) is 5.20. The summed E-state index contributed by atoms with van der Waals surface area (Å²) in [5.74, 6) is 0.499. The zero-order chi connectivity index (χ0) is 17.8. The topological polar surface area (TPSA) is 90.7 Å². The number of carbonyl (C=O) groups is 2. The second kappa shape index (κ2) is 7.74. The summed E-state index contributed by atoms with van der Waals surface area (Å²) in [5.41, 5.74) is 6.99. The van der Waals surface area contributed by atoms with Gasteiger partial charge in [0.25, 0.3) is 0 Å². The number of hydrogen-bond acceptors (Lipinski definition) is 5. The number of hydrogen-bond donors (Lipinski definition) is 3. The van der Waals surface area contributed by atoms with Gasteiger partial charge in [-0.3, -0.25) is 15.0 Å². The third-order valence-electron chi connectivity index (χ3n) is 4.82. The first-order valence-electron chi connectivity index (χ1n) is 8.95. The summed E-state index contributed by atoms with van der Waals surface area (Å²) in [6, 6.07) is 6.66. The molecule has 0 spiro atoms. The molecule has 136 valence electrons. The Morgan fingerprint density at radius 2 is 1.96 bits per heavy atom. The van der Waals surface area contributed by atoms with E-state index in [0.29, 0.717) is 0 Å². The largest absolute Gasteiger partial charge is 0.374 e. The monoisotopic (exact) mass is 345 g/mol. The third kappa shape index (κ3) is 5.09. The van der Waals surface area contributed by atoms with Gasteiger partial charge in [-0.1, -0.05) is 6.07 Å². The van der Waals surface area contributed by atoms with Crippen LogP contribution in [0.4, 0.5) is 16.2 Å². The SMILES string of the molecule is C[C@H](Nc1cccc(N2CCN(CC3CC3)CC2)c1)C(=O)NC(N)=O. The fourth-order valence-electron chi connectivity index (χ4n) is 3.19. The Balaban J connectivity index is 1.54. The molecule has 1 aliphatic carbocycles. The maximum Gasteiger partial charge on any atom is 0.318 e. The average molecular weight is 345 g/mol. The average Bonchev–Trinajstić information content (AvgIpc) is 3.39. The van der Waals surface area contributed by atoms with Crippen molar-refractivity contribution < 1.29 is 9.59 Å². The van der Waals surface area contributed by atoms with Gasteiger partial charge in [0, 0.05) is 44.1 Å². The Bertz CT molecular complexity index is 624. The molecule has 1 aromatic carbocycles. The van der Waals surface area contributed by atoms with Crippen LogP contribution in [-0.4, -0.2) is 55.6 Å². The lowest BCUT2D eigenvalue weighted by Crippen LogP contribution is -2.47. The molecule has 0 unspecified atom stereocenters. The van der Waals surface area contributed by atoms with Crippen LogP contribution in [0.5, 0.6) is 0 Å². The second-order valence-corrected chi connectivity index (χ2v) is 7.00. The van der Waals surface area contributed by atoms with Crippen LogP contribution >= 0.6 is 0 Å². The summed E-state index contributed by atoms with van der Waals surface area (Å²) in [4.78, 5) is 27.5. The lowest BCUT2D eigenvalue weighted by atomic mass is 10.2. The molecule has 2 aliphatic rings. The van der Waals surface area contributed by atoms with Crippen molar-refractivity contribution in [2.75, 3.05) is 42.9 Å². The van der Waals surface area contributed by atoms with E-state index in [1.54, 1.807) is 6.92 Å². The van der Waals surface area contributed by atoms with Gasteiger partial charge in [-0.25, -0.2) is 4.79 Å². The van der Waals surface area contributed by atoms with Gasteiger partial charge in [0.1, 0.15) is 6.04 Å². The summed E-state index contributed by atoms with van der Waals surface area (Å²) >= 11 is 0. The molecule has 25 heavy (non-hydrogen) atoms. The van der Waals surface area contributed by atoms with E-state index in [0.717, 1.165) is 43.5 Å². The van der Waals surface area contributed by atoms with E-state index in [1.165, 1.54) is 19.4 Å². The molecule has 0 aromatic heterocycles. The third-order valence-corrected chi connectivity index (χ3v) is 4.82. The van der Waals surface area contributed by atoms with Crippen molar-refractivity contribution in [1.82, 2.24) is 10.2 Å². The number of piperazine rings is 1. The van der Waals surface area contributed by atoms with Crippen molar-refractivity contribution in [3.8, 4) is 0 Å². The standard InChI is InChI=1S/C18H27N5O2/c1-13(17(24)21-18(19)25)20-15-3-2-4-16(11-15)23-9-7-22(8-10-23)12-14-5-6-14/h2-4,11,13-14,20H,5-10,12H2,1H3,(H3,19,21,24,25)/t13-/m0/s1. The van der Waals surface area contributed by atoms with Crippen molar-refractivity contribution in [3.05, 3.63) is 24.3 Å². The highest BCUT2D eigenvalue weighted by molar-refractivity contribution is 5.97. The van der Waals surface area contributed by atoms with Crippen molar-refractivity contribution >= 4 is 23.3 Å². The number of nitrogens with zero attached hydrogens (tertiary/aromatic N) is 2. The van der Waals surface area contributed by atoms with E-state index in [4.69, 9.17) is 5.73 Å². The van der Waals surface area contributed by atoms with Gasteiger partial charge in [-0.15, -0.1) is 0 Å². The summed E-state index contributed by atoms with van der Waals surface area (Å²) in [6.45, 7) is 7.20. The molecule has 1 aliphatic heterocycles. The van der Waals surface area contributed by atoms with E-state index in [-0.39, 0.29) is 0 Å². The first kappa shape index (κ1) is 17.5. The highest BCUT2D eigenvalue weighted by Crippen LogP contribution is 2.30. The van der Waals surface area contributed by atoms with Crippen LogP contribution in [0.2, 0.25) is 0 Å². The molecule has 3 amide bonds. The number of carbonyl (C=O) groups excluding carboxylic acids is 2. The molecule has 1 heterocycles. The highest BCUT2D eigenvalue weighted by atomic mass is 16.2. The zero-order valence-electron chi connectivity index (χ0n) is 14.7. The fraction of sp³-hybridized carbons (Fsp3) is 0.556. The molecule has 7 heteroatoms. The number of anilines is 2. The maximum atomic E-state index is 11.8. The highest BCUT2D eigenvalue weighted by Gasteiger charge is 2.26. The molecule has 2 fully saturated rings. The molecule has 1 saturated carbocycles. The minimum Gasteiger partial charge on any atom is -0.374 e. The number of amides is 3. The van der Waals surface area contributed by atoms with Crippen molar-refractivity contribution in [1.29, 1.82) is 0 Å². The van der Waals surface area contributed by atoms with Crippen LogP contribution in [0.15, 0.2) is 24.3 Å². The Kier molecular flexibility index (Phi) is 5.43. The lowest BCUT2D eigenvalue weighted by molar-refractivity contribution is -0.120. The van der Waals surface area contributed by atoms with Crippen LogP contribution in [-0.2, 0) is 4.79 Å². The number of rotatable bonds is 6. The van der Waals surface area contributed by atoms with E-state index >= 15 is 0 Å². The Morgan fingerprint density at radius 3 is 2.60 bits per heavy atom. The van der Waals surface area contributed by atoms with E-state index in [9.17, 15) is 9.59 Å². The minimum absolute atomic E-state index is 0.438. The van der Waals surface area contributed by atoms with Gasteiger partial charge in [0.05, 0.1) is 0 Å². The Hall–Kier alpha value is -2.28. The van der Waals surface area contributed by atoms with Crippen LogP contribution < -0.4 is 21.3 Å². The molecular formula is C18H27N5O2. The number of primary amides is 1. The van der Waals surface area contributed by atoms with Gasteiger partial charge in [-0.05, 0) is 43.9 Å². The fourth-order valence-corrected chi connectivity index (χ4v) is 3.19.